The molecule has 1 aromatic heterocycles. The van der Waals surface area contributed by atoms with Crippen LogP contribution in [0.25, 0.3) is 0 Å². The maximum absolute atomic E-state index is 5.88. The molecule has 1 saturated carbocycles. The summed E-state index contributed by atoms with van der Waals surface area (Å²) in [6.07, 6.45) is 2.75. The monoisotopic (exact) mass is 220 g/mol. The molecule has 2 N–H and O–H groups in total. The number of rotatable bonds is 3. The summed E-state index contributed by atoms with van der Waals surface area (Å²) in [6, 6.07) is 3.96. The molecule has 3 heteroatoms. The molecule has 0 bridgehead atoms. The van der Waals surface area contributed by atoms with E-state index in [1.807, 2.05) is 12.1 Å². The number of nitrogens with two attached hydrogens (primary N) is 1. The van der Waals surface area contributed by atoms with Crippen molar-refractivity contribution in [2.45, 2.75) is 51.7 Å². The Balaban J connectivity index is 2.33. The van der Waals surface area contributed by atoms with Gasteiger partial charge in [-0.2, -0.15) is 0 Å². The molecule has 0 unspecified atom stereocenters. The molecule has 1 heterocycles. The summed E-state index contributed by atoms with van der Waals surface area (Å²) in [5, 5.41) is 0. The molecule has 1 fully saturated rings. The molecule has 3 nitrogen and oxygen atoms in total. The van der Waals surface area contributed by atoms with E-state index < -0.39 is 0 Å². The molecule has 16 heavy (non-hydrogen) atoms. The van der Waals surface area contributed by atoms with Gasteiger partial charge in [0.1, 0.15) is 5.75 Å². The number of aromatic nitrogens is 1. The minimum Gasteiger partial charge on any atom is -0.488 e. The van der Waals surface area contributed by atoms with Crippen LogP contribution in [-0.4, -0.2) is 11.1 Å². The number of hydrogen-bond acceptors (Lipinski definition) is 3. The van der Waals surface area contributed by atoms with E-state index in [2.05, 4.69) is 25.8 Å². The van der Waals surface area contributed by atoms with E-state index in [0.717, 1.165) is 17.1 Å². The van der Waals surface area contributed by atoms with Gasteiger partial charge in [-0.25, -0.2) is 0 Å². The summed E-state index contributed by atoms with van der Waals surface area (Å²) >= 11 is 0. The highest BCUT2D eigenvalue weighted by atomic mass is 16.5. The molecular formula is C13H20N2O. The first-order valence-electron chi connectivity index (χ1n) is 5.88. The molecule has 0 saturated heterocycles. The zero-order valence-corrected chi connectivity index (χ0v) is 10.3. The predicted molar refractivity (Wildman–Crippen MR) is 64.5 cm³/mol. The third-order valence-corrected chi connectivity index (χ3v) is 2.65. The number of hydrogen-bond donors (Lipinski definition) is 1. The molecule has 0 atom stereocenters. The van der Waals surface area contributed by atoms with Crippen LogP contribution in [0.2, 0.25) is 0 Å². The largest absolute Gasteiger partial charge is 0.488 e. The summed E-state index contributed by atoms with van der Waals surface area (Å²) in [4.78, 5) is 4.59. The predicted octanol–water partition coefficient (Wildman–Crippen LogP) is 2.38. The average Bonchev–Trinajstić information content (AvgIpc) is 3.01. The second-order valence-electron chi connectivity index (χ2n) is 5.42. The first kappa shape index (κ1) is 11.4. The van der Waals surface area contributed by atoms with Gasteiger partial charge < -0.3 is 10.5 Å². The van der Waals surface area contributed by atoms with Crippen molar-refractivity contribution in [2.75, 3.05) is 0 Å². The van der Waals surface area contributed by atoms with Crippen LogP contribution >= 0.6 is 0 Å². The van der Waals surface area contributed by atoms with Crippen LogP contribution in [0, 0.1) is 0 Å². The quantitative estimate of drug-likeness (QED) is 0.850. The fourth-order valence-electron chi connectivity index (χ4n) is 1.60. The second kappa shape index (κ2) is 4.06. The average molecular weight is 220 g/mol. The third kappa shape index (κ3) is 2.53. The van der Waals surface area contributed by atoms with Gasteiger partial charge in [0.05, 0.1) is 17.5 Å². The van der Waals surface area contributed by atoms with Gasteiger partial charge in [-0.05, 0) is 25.0 Å². The van der Waals surface area contributed by atoms with Crippen molar-refractivity contribution in [3.05, 3.63) is 23.5 Å². The Morgan fingerprint density at radius 2 is 2.06 bits per heavy atom. The smallest absolute Gasteiger partial charge is 0.141 e. The van der Waals surface area contributed by atoms with Crippen LogP contribution < -0.4 is 10.5 Å². The Hall–Kier alpha value is -1.09. The van der Waals surface area contributed by atoms with Gasteiger partial charge in [0.15, 0.2) is 0 Å². The fraction of sp³-hybridized carbons (Fsp3) is 0.615. The molecule has 0 radical (unpaired) electrons. The lowest BCUT2D eigenvalue weighted by atomic mass is 9.90. The Morgan fingerprint density at radius 1 is 1.38 bits per heavy atom. The highest BCUT2D eigenvalue weighted by molar-refractivity contribution is 5.34. The molecule has 0 spiro atoms. The third-order valence-electron chi connectivity index (χ3n) is 2.65. The molecule has 1 aromatic rings. The van der Waals surface area contributed by atoms with E-state index in [1.165, 1.54) is 12.8 Å². The van der Waals surface area contributed by atoms with E-state index in [0.29, 0.717) is 12.6 Å². The highest BCUT2D eigenvalue weighted by Gasteiger charge is 2.28. The molecule has 0 aliphatic heterocycles. The van der Waals surface area contributed by atoms with Crippen LogP contribution in [0.3, 0.4) is 0 Å². The summed E-state index contributed by atoms with van der Waals surface area (Å²) in [6.45, 7) is 6.92. The Morgan fingerprint density at radius 3 is 2.56 bits per heavy atom. The van der Waals surface area contributed by atoms with Crippen molar-refractivity contribution < 1.29 is 4.74 Å². The van der Waals surface area contributed by atoms with E-state index in [9.17, 15) is 0 Å². The topological polar surface area (TPSA) is 48.1 Å². The van der Waals surface area contributed by atoms with Gasteiger partial charge in [-0.15, -0.1) is 0 Å². The molecule has 1 aliphatic rings. The Bertz CT molecular complexity index is 378. The number of ether oxygens (including phenoxy) is 1. The van der Waals surface area contributed by atoms with E-state index in [-0.39, 0.29) is 5.41 Å². The van der Waals surface area contributed by atoms with Crippen LogP contribution in [0.15, 0.2) is 12.1 Å². The highest BCUT2D eigenvalue weighted by Crippen LogP contribution is 2.34. The lowest BCUT2D eigenvalue weighted by Crippen LogP contribution is -2.18. The van der Waals surface area contributed by atoms with Gasteiger partial charge in [-0.1, -0.05) is 20.8 Å². The van der Waals surface area contributed by atoms with Crippen molar-refractivity contribution in [1.29, 1.82) is 0 Å². The van der Waals surface area contributed by atoms with Gasteiger partial charge in [0.2, 0.25) is 0 Å². The minimum atomic E-state index is -0.00456. The van der Waals surface area contributed by atoms with Gasteiger partial charge in [0, 0.05) is 12.0 Å². The van der Waals surface area contributed by atoms with E-state index in [1.54, 1.807) is 0 Å². The first-order chi connectivity index (χ1) is 7.50. The van der Waals surface area contributed by atoms with Crippen LogP contribution in [0.1, 0.15) is 45.0 Å². The molecule has 0 amide bonds. The lowest BCUT2D eigenvalue weighted by molar-refractivity contribution is 0.292. The number of nitrogens with zero attached hydrogens (tertiary/aromatic N) is 1. The molecule has 88 valence electrons. The second-order valence-corrected chi connectivity index (χ2v) is 5.42. The van der Waals surface area contributed by atoms with E-state index >= 15 is 0 Å². The van der Waals surface area contributed by atoms with Gasteiger partial charge >= 0.3 is 0 Å². The maximum Gasteiger partial charge on any atom is 0.141 e. The molecule has 0 aromatic carbocycles. The van der Waals surface area contributed by atoms with Crippen molar-refractivity contribution in [3.63, 3.8) is 0 Å². The minimum absolute atomic E-state index is 0.00456. The normalized spacial score (nSPS) is 16.2. The summed E-state index contributed by atoms with van der Waals surface area (Å²) in [5.74, 6) is 0.923. The van der Waals surface area contributed by atoms with Crippen LogP contribution in [0.4, 0.5) is 0 Å². The van der Waals surface area contributed by atoms with Gasteiger partial charge in [-0.3, -0.25) is 4.98 Å². The Labute approximate surface area is 97.0 Å². The zero-order chi connectivity index (χ0) is 11.8. The van der Waals surface area contributed by atoms with Crippen molar-refractivity contribution in [3.8, 4) is 5.75 Å². The summed E-state index contributed by atoms with van der Waals surface area (Å²) in [7, 11) is 0. The van der Waals surface area contributed by atoms with Gasteiger partial charge in [0.25, 0.3) is 0 Å². The molecule has 1 aliphatic carbocycles. The maximum atomic E-state index is 5.88. The molecular weight excluding hydrogens is 200 g/mol. The van der Waals surface area contributed by atoms with Crippen molar-refractivity contribution in [2.24, 2.45) is 5.73 Å². The summed E-state index contributed by atoms with van der Waals surface area (Å²) < 4.78 is 5.88. The SMILES string of the molecule is CC(C)(C)c1nc(CN)ccc1OC1CC1. The first-order valence-corrected chi connectivity index (χ1v) is 5.88. The van der Waals surface area contributed by atoms with E-state index in [4.69, 9.17) is 10.5 Å². The number of pyridine rings is 1. The fourth-order valence-corrected chi connectivity index (χ4v) is 1.60. The van der Waals surface area contributed by atoms with Crippen LogP contribution in [-0.2, 0) is 12.0 Å². The summed E-state index contributed by atoms with van der Waals surface area (Å²) in [5.41, 5.74) is 7.56. The van der Waals surface area contributed by atoms with Crippen molar-refractivity contribution >= 4 is 0 Å². The Kier molecular flexibility index (Phi) is 2.89. The zero-order valence-electron chi connectivity index (χ0n) is 10.3. The lowest BCUT2D eigenvalue weighted by Gasteiger charge is -2.22. The standard InChI is InChI=1S/C13H20N2O/c1-13(2,3)12-11(16-10-5-6-10)7-4-9(8-14)15-12/h4,7,10H,5-6,8,14H2,1-3H3. The van der Waals surface area contributed by atoms with Crippen LogP contribution in [0.5, 0.6) is 5.75 Å². The molecule has 2 rings (SSSR count). The van der Waals surface area contributed by atoms with Crippen molar-refractivity contribution in [1.82, 2.24) is 4.98 Å².